The number of rotatable bonds is 7. The molecule has 0 saturated carbocycles. The first-order chi connectivity index (χ1) is 12.7. The second kappa shape index (κ2) is 9.51. The molecule has 0 radical (unpaired) electrons. The van der Waals surface area contributed by atoms with E-state index in [0.717, 1.165) is 23.7 Å². The van der Waals surface area contributed by atoms with Gasteiger partial charge in [-0.05, 0) is 55.1 Å². The number of hydrogen-bond donors (Lipinski definition) is 1. The predicted molar refractivity (Wildman–Crippen MR) is 105 cm³/mol. The molecule has 0 spiro atoms. The number of carbonyl (C=O) groups excluding carboxylic acids is 1. The molecule has 1 amide bonds. The highest BCUT2D eigenvalue weighted by molar-refractivity contribution is 5.91. The van der Waals surface area contributed by atoms with Crippen LogP contribution in [0.15, 0.2) is 54.6 Å². The highest BCUT2D eigenvalue weighted by Crippen LogP contribution is 2.19. The molecule has 1 N–H and O–H groups in total. The summed E-state index contributed by atoms with van der Waals surface area (Å²) in [6.07, 6.45) is 2.58. The number of carbonyl (C=O) groups is 1. The summed E-state index contributed by atoms with van der Waals surface area (Å²) in [7, 11) is 0. The molecular weight excluding hydrogens is 324 g/mol. The average Bonchev–Trinajstić information content (AvgIpc) is 2.66. The fourth-order valence-corrected chi connectivity index (χ4v) is 3.20. The number of ether oxygens (including phenoxy) is 1. The van der Waals surface area contributed by atoms with Crippen LogP contribution in [0, 0.1) is 5.92 Å². The molecule has 4 heteroatoms. The molecule has 1 heterocycles. The maximum atomic E-state index is 12.0. The molecule has 2 aromatic carbocycles. The molecule has 138 valence electrons. The van der Waals surface area contributed by atoms with Gasteiger partial charge in [0.25, 0.3) is 0 Å². The van der Waals surface area contributed by atoms with Gasteiger partial charge in [0.2, 0.25) is 5.91 Å². The maximum absolute atomic E-state index is 12.0. The highest BCUT2D eigenvalue weighted by Gasteiger charge is 2.15. The molecule has 0 aliphatic carbocycles. The molecular formula is C22H28N2O2. The standard InChI is InChI=1S/C22H28N2O2/c1-18-11-13-24(14-12-18)15-19-7-9-21(10-8-19)23-22(25)17-26-16-20-5-3-2-4-6-20/h2-10,18H,11-17H2,1H3,(H,23,25). The minimum Gasteiger partial charge on any atom is -0.367 e. The van der Waals surface area contributed by atoms with E-state index in [1.165, 1.54) is 31.5 Å². The molecule has 0 atom stereocenters. The minimum atomic E-state index is -0.126. The quantitative estimate of drug-likeness (QED) is 0.816. The molecule has 26 heavy (non-hydrogen) atoms. The van der Waals surface area contributed by atoms with Crippen LogP contribution >= 0.6 is 0 Å². The summed E-state index contributed by atoms with van der Waals surface area (Å²) in [5.74, 6) is 0.728. The Hall–Kier alpha value is -2.17. The fourth-order valence-electron chi connectivity index (χ4n) is 3.20. The molecule has 3 rings (SSSR count). The van der Waals surface area contributed by atoms with Crippen LogP contribution in [0.5, 0.6) is 0 Å². The van der Waals surface area contributed by atoms with Crippen LogP contribution in [0.25, 0.3) is 0 Å². The summed E-state index contributed by atoms with van der Waals surface area (Å²) in [4.78, 5) is 14.5. The van der Waals surface area contributed by atoms with Crippen LogP contribution in [0.2, 0.25) is 0 Å². The van der Waals surface area contributed by atoms with Gasteiger partial charge in [-0.2, -0.15) is 0 Å². The van der Waals surface area contributed by atoms with Crippen molar-refractivity contribution in [1.29, 1.82) is 0 Å². The van der Waals surface area contributed by atoms with E-state index in [-0.39, 0.29) is 12.5 Å². The molecule has 1 saturated heterocycles. The van der Waals surface area contributed by atoms with E-state index < -0.39 is 0 Å². The number of anilines is 1. The summed E-state index contributed by atoms with van der Waals surface area (Å²) in [5, 5.41) is 2.89. The van der Waals surface area contributed by atoms with E-state index in [2.05, 4.69) is 29.3 Å². The normalized spacial score (nSPS) is 15.7. The molecule has 0 aromatic heterocycles. The van der Waals surface area contributed by atoms with Crippen LogP contribution in [-0.2, 0) is 22.7 Å². The zero-order chi connectivity index (χ0) is 18.2. The van der Waals surface area contributed by atoms with Gasteiger partial charge in [0.05, 0.1) is 6.61 Å². The topological polar surface area (TPSA) is 41.6 Å². The van der Waals surface area contributed by atoms with Crippen LogP contribution < -0.4 is 5.32 Å². The van der Waals surface area contributed by atoms with Gasteiger partial charge >= 0.3 is 0 Å². The third kappa shape index (κ3) is 5.97. The molecule has 1 fully saturated rings. The summed E-state index contributed by atoms with van der Waals surface area (Å²) in [5.41, 5.74) is 3.17. The van der Waals surface area contributed by atoms with Crippen molar-refractivity contribution in [2.24, 2.45) is 5.92 Å². The van der Waals surface area contributed by atoms with Crippen LogP contribution in [-0.4, -0.2) is 30.5 Å². The van der Waals surface area contributed by atoms with Gasteiger partial charge in [-0.15, -0.1) is 0 Å². The lowest BCUT2D eigenvalue weighted by Crippen LogP contribution is -2.32. The largest absolute Gasteiger partial charge is 0.367 e. The first-order valence-corrected chi connectivity index (χ1v) is 9.42. The number of likely N-dealkylation sites (tertiary alicyclic amines) is 1. The van der Waals surface area contributed by atoms with E-state index in [4.69, 9.17) is 4.74 Å². The smallest absolute Gasteiger partial charge is 0.250 e. The van der Waals surface area contributed by atoms with Crippen molar-refractivity contribution in [2.45, 2.75) is 32.9 Å². The summed E-state index contributed by atoms with van der Waals surface area (Å²) in [6.45, 7) is 6.18. The van der Waals surface area contributed by atoms with Gasteiger partial charge < -0.3 is 10.1 Å². The summed E-state index contributed by atoms with van der Waals surface area (Å²) in [6, 6.07) is 18.0. The maximum Gasteiger partial charge on any atom is 0.250 e. The first-order valence-electron chi connectivity index (χ1n) is 9.42. The third-order valence-corrected chi connectivity index (χ3v) is 4.86. The third-order valence-electron chi connectivity index (χ3n) is 4.86. The Labute approximate surface area is 156 Å². The van der Waals surface area contributed by atoms with Crippen LogP contribution in [0.4, 0.5) is 5.69 Å². The van der Waals surface area contributed by atoms with Crippen LogP contribution in [0.3, 0.4) is 0 Å². The Morgan fingerprint density at radius 3 is 2.42 bits per heavy atom. The second-order valence-electron chi connectivity index (χ2n) is 7.18. The predicted octanol–water partition coefficient (Wildman–Crippen LogP) is 4.07. The Kier molecular flexibility index (Phi) is 6.81. The Morgan fingerprint density at radius 2 is 1.73 bits per heavy atom. The number of piperidine rings is 1. The number of hydrogen-bond acceptors (Lipinski definition) is 3. The SMILES string of the molecule is CC1CCN(Cc2ccc(NC(=O)COCc3ccccc3)cc2)CC1. The highest BCUT2D eigenvalue weighted by atomic mass is 16.5. The molecule has 4 nitrogen and oxygen atoms in total. The Morgan fingerprint density at radius 1 is 1.04 bits per heavy atom. The lowest BCUT2D eigenvalue weighted by Gasteiger charge is -2.30. The number of nitrogens with one attached hydrogen (secondary N) is 1. The van der Waals surface area contributed by atoms with E-state index in [9.17, 15) is 4.79 Å². The zero-order valence-corrected chi connectivity index (χ0v) is 15.5. The van der Waals surface area contributed by atoms with Gasteiger partial charge in [-0.3, -0.25) is 9.69 Å². The van der Waals surface area contributed by atoms with Gasteiger partial charge in [-0.1, -0.05) is 49.4 Å². The monoisotopic (exact) mass is 352 g/mol. The van der Waals surface area contributed by atoms with Crippen molar-refractivity contribution in [3.63, 3.8) is 0 Å². The first kappa shape index (κ1) is 18.6. The number of benzene rings is 2. The van der Waals surface area contributed by atoms with Gasteiger partial charge in [0, 0.05) is 12.2 Å². The van der Waals surface area contributed by atoms with E-state index >= 15 is 0 Å². The minimum absolute atomic E-state index is 0.0581. The lowest BCUT2D eigenvalue weighted by molar-refractivity contribution is -0.121. The van der Waals surface area contributed by atoms with Crippen molar-refractivity contribution in [3.8, 4) is 0 Å². The molecule has 1 aliphatic rings. The van der Waals surface area contributed by atoms with Crippen molar-refractivity contribution in [2.75, 3.05) is 25.0 Å². The fraction of sp³-hybridized carbons (Fsp3) is 0.409. The van der Waals surface area contributed by atoms with Gasteiger partial charge in [0.1, 0.15) is 6.61 Å². The van der Waals surface area contributed by atoms with Crippen molar-refractivity contribution >= 4 is 11.6 Å². The Balaban J connectivity index is 1.40. The number of amides is 1. The van der Waals surface area contributed by atoms with Crippen molar-refractivity contribution < 1.29 is 9.53 Å². The van der Waals surface area contributed by atoms with Gasteiger partial charge in [0.15, 0.2) is 0 Å². The van der Waals surface area contributed by atoms with E-state index in [1.807, 2.05) is 42.5 Å². The molecule has 0 unspecified atom stereocenters. The second-order valence-corrected chi connectivity index (χ2v) is 7.18. The Bertz CT molecular complexity index is 677. The average molecular weight is 352 g/mol. The number of nitrogens with zero attached hydrogens (tertiary/aromatic N) is 1. The molecule has 1 aliphatic heterocycles. The summed E-state index contributed by atoms with van der Waals surface area (Å²) >= 11 is 0. The van der Waals surface area contributed by atoms with Crippen LogP contribution in [0.1, 0.15) is 30.9 Å². The zero-order valence-electron chi connectivity index (χ0n) is 15.5. The lowest BCUT2D eigenvalue weighted by atomic mass is 9.99. The summed E-state index contributed by atoms with van der Waals surface area (Å²) < 4.78 is 5.47. The van der Waals surface area contributed by atoms with Crippen molar-refractivity contribution in [1.82, 2.24) is 4.90 Å². The van der Waals surface area contributed by atoms with E-state index in [1.54, 1.807) is 0 Å². The van der Waals surface area contributed by atoms with Gasteiger partial charge in [-0.25, -0.2) is 0 Å². The van der Waals surface area contributed by atoms with E-state index in [0.29, 0.717) is 6.61 Å². The molecule has 0 bridgehead atoms. The molecule has 2 aromatic rings. The van der Waals surface area contributed by atoms with Crippen molar-refractivity contribution in [3.05, 3.63) is 65.7 Å².